The molecule has 0 aliphatic carbocycles. The van der Waals surface area contributed by atoms with Crippen molar-refractivity contribution >= 4 is 22.4 Å². The third-order valence-electron chi connectivity index (χ3n) is 7.34. The van der Waals surface area contributed by atoms with Crippen molar-refractivity contribution < 1.29 is 4.79 Å². The first-order chi connectivity index (χ1) is 16.6. The van der Waals surface area contributed by atoms with Gasteiger partial charge in [-0.25, -0.2) is 9.97 Å². The summed E-state index contributed by atoms with van der Waals surface area (Å²) in [6, 6.07) is 12.0. The molecule has 2 saturated heterocycles. The lowest BCUT2D eigenvalue weighted by atomic mass is 9.72. The molecule has 2 aliphatic heterocycles. The molecule has 1 aromatic carbocycles. The maximum absolute atomic E-state index is 13.1. The number of pyridine rings is 2. The third kappa shape index (κ3) is 3.86. The van der Waals surface area contributed by atoms with Gasteiger partial charge in [0.15, 0.2) is 5.78 Å². The van der Waals surface area contributed by atoms with Crippen molar-refractivity contribution in [3.8, 4) is 11.3 Å². The zero-order chi connectivity index (χ0) is 23.1. The molecule has 7 nitrogen and oxygen atoms in total. The molecule has 0 bridgehead atoms. The van der Waals surface area contributed by atoms with Crippen LogP contribution >= 0.6 is 0 Å². The monoisotopic (exact) mass is 452 g/mol. The van der Waals surface area contributed by atoms with Crippen molar-refractivity contribution in [2.75, 3.05) is 31.1 Å². The molecule has 2 aliphatic rings. The van der Waals surface area contributed by atoms with Gasteiger partial charge in [0.2, 0.25) is 0 Å². The van der Waals surface area contributed by atoms with Crippen LogP contribution in [-0.4, -0.2) is 51.5 Å². The van der Waals surface area contributed by atoms with E-state index >= 15 is 0 Å². The van der Waals surface area contributed by atoms with Crippen LogP contribution in [0.2, 0.25) is 0 Å². The highest BCUT2D eigenvalue weighted by atomic mass is 16.1. The highest BCUT2D eigenvalue weighted by Gasteiger charge is 2.43. The van der Waals surface area contributed by atoms with Gasteiger partial charge in [-0.2, -0.15) is 0 Å². The van der Waals surface area contributed by atoms with Crippen molar-refractivity contribution in [3.05, 3.63) is 72.6 Å². The van der Waals surface area contributed by atoms with Crippen LogP contribution in [0.15, 0.2) is 61.3 Å². The molecule has 0 saturated carbocycles. The topological polar surface area (TPSA) is 75.9 Å². The first-order valence-electron chi connectivity index (χ1n) is 11.9. The van der Waals surface area contributed by atoms with Gasteiger partial charge in [0.1, 0.15) is 5.82 Å². The Morgan fingerprint density at radius 1 is 1.03 bits per heavy atom. The maximum Gasteiger partial charge on any atom is 0.169 e. The van der Waals surface area contributed by atoms with Gasteiger partial charge >= 0.3 is 0 Å². The van der Waals surface area contributed by atoms with Crippen LogP contribution in [0.4, 0.5) is 5.82 Å². The van der Waals surface area contributed by atoms with Gasteiger partial charge in [-0.15, -0.1) is 0 Å². The van der Waals surface area contributed by atoms with Crippen molar-refractivity contribution in [2.45, 2.75) is 19.3 Å². The Morgan fingerprint density at radius 2 is 1.88 bits per heavy atom. The number of rotatable bonds is 5. The summed E-state index contributed by atoms with van der Waals surface area (Å²) in [5.41, 5.74) is 4.04. The number of hydrogen-bond acceptors (Lipinski definition) is 6. The summed E-state index contributed by atoms with van der Waals surface area (Å²) in [6.07, 6.45) is 9.97. The number of nitrogens with one attached hydrogen (secondary N) is 1. The van der Waals surface area contributed by atoms with Crippen LogP contribution in [-0.2, 0) is 13.5 Å². The number of aromatic nitrogens is 4. The highest BCUT2D eigenvalue weighted by Crippen LogP contribution is 2.40. The van der Waals surface area contributed by atoms with Crippen LogP contribution in [0.1, 0.15) is 28.9 Å². The number of fused-ring (bicyclic) bond motifs is 1. The normalized spacial score (nSPS) is 17.1. The van der Waals surface area contributed by atoms with Gasteiger partial charge in [0, 0.05) is 60.2 Å². The number of Topliss-reactive ketones (excluding diaryl/α,β-unsaturated/α-hetero) is 1. The molecule has 1 N–H and O–H groups in total. The van der Waals surface area contributed by atoms with Crippen molar-refractivity contribution in [1.29, 1.82) is 0 Å². The van der Waals surface area contributed by atoms with Gasteiger partial charge in [0.25, 0.3) is 0 Å². The first-order valence-corrected chi connectivity index (χ1v) is 11.9. The van der Waals surface area contributed by atoms with Crippen LogP contribution in [0.5, 0.6) is 0 Å². The van der Waals surface area contributed by atoms with Gasteiger partial charge < -0.3 is 14.8 Å². The van der Waals surface area contributed by atoms with Crippen LogP contribution in [0.3, 0.4) is 0 Å². The van der Waals surface area contributed by atoms with Gasteiger partial charge in [-0.05, 0) is 55.6 Å². The summed E-state index contributed by atoms with van der Waals surface area (Å²) in [7, 11) is 1.98. The van der Waals surface area contributed by atoms with Crippen LogP contribution < -0.4 is 10.2 Å². The summed E-state index contributed by atoms with van der Waals surface area (Å²) < 4.78 is 2.00. The van der Waals surface area contributed by atoms with Crippen molar-refractivity contribution in [2.24, 2.45) is 12.5 Å². The summed E-state index contributed by atoms with van der Waals surface area (Å²) in [6.45, 7) is 4.26. The number of ketones is 1. The smallest absolute Gasteiger partial charge is 0.169 e. The van der Waals surface area contributed by atoms with E-state index in [1.807, 2.05) is 42.2 Å². The lowest BCUT2D eigenvalue weighted by Gasteiger charge is -2.53. The Balaban J connectivity index is 1.19. The van der Waals surface area contributed by atoms with E-state index < -0.39 is 0 Å². The third-order valence-corrected chi connectivity index (χ3v) is 7.34. The molecule has 3 aromatic heterocycles. The zero-order valence-corrected chi connectivity index (χ0v) is 19.4. The van der Waals surface area contributed by atoms with E-state index in [0.29, 0.717) is 11.0 Å². The minimum Gasteiger partial charge on any atom is -0.355 e. The summed E-state index contributed by atoms with van der Waals surface area (Å²) >= 11 is 0. The first kappa shape index (κ1) is 21.0. The average molecular weight is 453 g/mol. The number of carbonyl (C=O) groups is 1. The number of benzene rings is 1. The van der Waals surface area contributed by atoms with Gasteiger partial charge in [-0.3, -0.25) is 9.78 Å². The number of anilines is 1. The molecule has 0 amide bonds. The van der Waals surface area contributed by atoms with Crippen molar-refractivity contribution in [3.63, 3.8) is 0 Å². The fourth-order valence-corrected chi connectivity index (χ4v) is 5.31. The SMILES string of the molecule is Cn1cncc1-c1ccc2cnc(CC(=O)c3ccnc(N4CC5(CCNCC5)C4)c3)cc2c1. The largest absolute Gasteiger partial charge is 0.355 e. The lowest BCUT2D eigenvalue weighted by Crippen LogP contribution is -2.60. The van der Waals surface area contributed by atoms with E-state index in [1.54, 1.807) is 12.5 Å². The van der Waals surface area contributed by atoms with E-state index in [1.165, 1.54) is 12.8 Å². The molecule has 0 unspecified atom stereocenters. The number of carbonyl (C=O) groups excluding carboxylic acids is 1. The van der Waals surface area contributed by atoms with E-state index in [4.69, 9.17) is 0 Å². The Labute approximate surface area is 198 Å². The second kappa shape index (κ2) is 8.33. The summed E-state index contributed by atoms with van der Waals surface area (Å²) in [5, 5.41) is 5.57. The molecule has 7 heteroatoms. The average Bonchev–Trinajstić information content (AvgIpc) is 3.28. The van der Waals surface area contributed by atoms with Crippen LogP contribution in [0, 0.1) is 5.41 Å². The number of imidazole rings is 1. The Kier molecular flexibility index (Phi) is 5.14. The highest BCUT2D eigenvalue weighted by molar-refractivity contribution is 5.98. The molecular formula is C27H28N6O. The van der Waals surface area contributed by atoms with Crippen LogP contribution in [0.25, 0.3) is 22.0 Å². The van der Waals surface area contributed by atoms with E-state index in [-0.39, 0.29) is 12.2 Å². The Bertz CT molecular complexity index is 1360. The predicted molar refractivity (Wildman–Crippen MR) is 133 cm³/mol. The molecule has 6 rings (SSSR count). The molecule has 34 heavy (non-hydrogen) atoms. The minimum atomic E-state index is 0.0652. The van der Waals surface area contributed by atoms with Gasteiger partial charge in [-0.1, -0.05) is 12.1 Å². The summed E-state index contributed by atoms with van der Waals surface area (Å²) in [4.78, 5) is 28.7. The minimum absolute atomic E-state index is 0.0652. The fraction of sp³-hybridized carbons (Fsp3) is 0.333. The molecular weight excluding hydrogens is 424 g/mol. The van der Waals surface area contributed by atoms with Crippen molar-refractivity contribution in [1.82, 2.24) is 24.8 Å². The lowest BCUT2D eigenvalue weighted by molar-refractivity contribution is 0.0992. The van der Waals surface area contributed by atoms with Gasteiger partial charge in [0.05, 0.1) is 24.6 Å². The quantitative estimate of drug-likeness (QED) is 0.466. The van der Waals surface area contributed by atoms with E-state index in [2.05, 4.69) is 43.4 Å². The predicted octanol–water partition coefficient (Wildman–Crippen LogP) is 3.65. The standard InChI is InChI=1S/C27H28N6O/c1-32-18-29-15-24(32)19-2-3-21-14-31-23(11-22(21)10-19)13-25(34)20-4-7-30-26(12-20)33-16-27(17-33)5-8-28-9-6-27/h2-4,7,10-12,14-15,18,28H,5-6,8-9,13,16-17H2,1H3. The van der Waals surface area contributed by atoms with E-state index in [0.717, 1.165) is 59.7 Å². The second-order valence-electron chi connectivity index (χ2n) is 9.74. The maximum atomic E-state index is 13.1. The second-order valence-corrected chi connectivity index (χ2v) is 9.74. The molecule has 172 valence electrons. The Morgan fingerprint density at radius 3 is 2.68 bits per heavy atom. The molecule has 2 fully saturated rings. The number of nitrogens with zero attached hydrogens (tertiary/aromatic N) is 5. The molecule has 0 atom stereocenters. The number of hydrogen-bond donors (Lipinski definition) is 1. The van der Waals surface area contributed by atoms with E-state index in [9.17, 15) is 4.79 Å². The Hall–Kier alpha value is -3.58. The number of piperidine rings is 1. The molecule has 1 spiro atoms. The molecule has 0 radical (unpaired) electrons. The fourth-order valence-electron chi connectivity index (χ4n) is 5.31. The number of aryl methyl sites for hydroxylation is 1. The summed E-state index contributed by atoms with van der Waals surface area (Å²) in [5.74, 6) is 0.970. The molecule has 4 aromatic rings. The zero-order valence-electron chi connectivity index (χ0n) is 19.4. The molecule has 5 heterocycles.